The van der Waals surface area contributed by atoms with Crippen molar-refractivity contribution in [2.24, 2.45) is 13.0 Å². The van der Waals surface area contributed by atoms with E-state index < -0.39 is 0 Å². The Labute approximate surface area is 148 Å². The Balaban J connectivity index is 1.35. The van der Waals surface area contributed by atoms with Gasteiger partial charge in [-0.3, -0.25) is 9.78 Å². The summed E-state index contributed by atoms with van der Waals surface area (Å²) in [5, 5.41) is 3.82. The van der Waals surface area contributed by atoms with Gasteiger partial charge < -0.3 is 14.8 Å². The maximum Gasteiger partial charge on any atom is 0.272 e. The molecule has 1 saturated heterocycles. The molecule has 0 aromatic carbocycles. The molecule has 25 heavy (non-hydrogen) atoms. The van der Waals surface area contributed by atoms with E-state index in [2.05, 4.69) is 26.9 Å². The molecule has 1 unspecified atom stereocenters. The zero-order valence-electron chi connectivity index (χ0n) is 14.6. The molecule has 2 fully saturated rings. The lowest BCUT2D eigenvalue weighted by molar-refractivity contribution is 0.0694. The number of aromatic nitrogens is 3. The molecule has 2 aromatic rings. The van der Waals surface area contributed by atoms with Crippen LogP contribution in [0, 0.1) is 5.92 Å². The third kappa shape index (κ3) is 3.58. The predicted octanol–water partition coefficient (Wildman–Crippen LogP) is 2.16. The van der Waals surface area contributed by atoms with Crippen LogP contribution >= 0.6 is 0 Å². The summed E-state index contributed by atoms with van der Waals surface area (Å²) >= 11 is 0. The molecule has 6 heteroatoms. The summed E-state index contributed by atoms with van der Waals surface area (Å²) in [4.78, 5) is 23.2. The first-order chi connectivity index (χ1) is 12.2. The molecule has 0 bridgehead atoms. The number of nitrogens with one attached hydrogen (secondary N) is 1. The Bertz CT molecular complexity index is 716. The number of carbonyl (C=O) groups is 1. The van der Waals surface area contributed by atoms with Crippen LogP contribution in [0.25, 0.3) is 0 Å². The topological polar surface area (TPSA) is 63.1 Å². The van der Waals surface area contributed by atoms with Crippen molar-refractivity contribution in [2.75, 3.05) is 13.1 Å². The molecule has 4 rings (SSSR count). The van der Waals surface area contributed by atoms with Gasteiger partial charge >= 0.3 is 0 Å². The summed E-state index contributed by atoms with van der Waals surface area (Å²) < 4.78 is 2.12. The number of hydrogen-bond acceptors (Lipinski definition) is 4. The second kappa shape index (κ2) is 6.96. The molecule has 1 atom stereocenters. The highest BCUT2D eigenvalue weighted by molar-refractivity contribution is 5.92. The Morgan fingerprint density at radius 3 is 2.56 bits per heavy atom. The largest absolute Gasteiger partial charge is 0.337 e. The van der Waals surface area contributed by atoms with E-state index in [0.29, 0.717) is 23.7 Å². The van der Waals surface area contributed by atoms with Crippen molar-refractivity contribution in [1.29, 1.82) is 0 Å². The Kier molecular flexibility index (Phi) is 4.53. The van der Waals surface area contributed by atoms with Crippen molar-refractivity contribution in [3.8, 4) is 0 Å². The van der Waals surface area contributed by atoms with Crippen LogP contribution in [0.5, 0.6) is 0 Å². The van der Waals surface area contributed by atoms with Crippen molar-refractivity contribution in [1.82, 2.24) is 24.8 Å². The standard InChI is InChI=1S/C19H25N5O/c1-23-13-10-21-18(23)17(14-5-6-14)22-15-7-11-24(12-8-15)19(25)16-4-2-3-9-20-16/h2-4,9-10,13-15,17,22H,5-8,11-12H2,1H3. The number of amides is 1. The summed E-state index contributed by atoms with van der Waals surface area (Å²) in [6, 6.07) is 6.26. The van der Waals surface area contributed by atoms with Crippen molar-refractivity contribution in [3.63, 3.8) is 0 Å². The first-order valence-electron chi connectivity index (χ1n) is 9.16. The maximum atomic E-state index is 12.5. The Morgan fingerprint density at radius 1 is 1.16 bits per heavy atom. The van der Waals surface area contributed by atoms with Crippen molar-refractivity contribution < 1.29 is 4.79 Å². The molecule has 0 radical (unpaired) electrons. The third-order valence-corrected chi connectivity index (χ3v) is 5.31. The summed E-state index contributed by atoms with van der Waals surface area (Å²) in [6.45, 7) is 1.57. The fraction of sp³-hybridized carbons (Fsp3) is 0.526. The van der Waals surface area contributed by atoms with Crippen LogP contribution in [-0.2, 0) is 7.05 Å². The van der Waals surface area contributed by atoms with E-state index in [0.717, 1.165) is 31.8 Å². The van der Waals surface area contributed by atoms with Crippen LogP contribution in [0.3, 0.4) is 0 Å². The average Bonchev–Trinajstić information content (AvgIpc) is 3.41. The minimum Gasteiger partial charge on any atom is -0.337 e. The molecule has 1 aliphatic heterocycles. The number of imidazole rings is 1. The molecular formula is C19H25N5O. The fourth-order valence-corrected chi connectivity index (χ4v) is 3.68. The molecule has 2 aliphatic rings. The first kappa shape index (κ1) is 16.3. The number of likely N-dealkylation sites (tertiary alicyclic amines) is 1. The third-order valence-electron chi connectivity index (χ3n) is 5.31. The summed E-state index contributed by atoms with van der Waals surface area (Å²) in [7, 11) is 2.06. The molecule has 6 nitrogen and oxygen atoms in total. The molecular weight excluding hydrogens is 314 g/mol. The zero-order valence-corrected chi connectivity index (χ0v) is 14.6. The lowest BCUT2D eigenvalue weighted by Crippen LogP contribution is -2.46. The normalized spacial score (nSPS) is 19.8. The van der Waals surface area contributed by atoms with E-state index in [1.54, 1.807) is 12.3 Å². The van der Waals surface area contributed by atoms with Gasteiger partial charge in [-0.25, -0.2) is 4.98 Å². The maximum absolute atomic E-state index is 12.5. The highest BCUT2D eigenvalue weighted by Gasteiger charge is 2.36. The molecule has 132 valence electrons. The van der Waals surface area contributed by atoms with E-state index in [9.17, 15) is 4.79 Å². The smallest absolute Gasteiger partial charge is 0.272 e. The predicted molar refractivity (Wildman–Crippen MR) is 95.0 cm³/mol. The lowest BCUT2D eigenvalue weighted by Gasteiger charge is -2.34. The van der Waals surface area contributed by atoms with E-state index in [-0.39, 0.29) is 5.91 Å². The van der Waals surface area contributed by atoms with Gasteiger partial charge in [-0.2, -0.15) is 0 Å². The average molecular weight is 339 g/mol. The van der Waals surface area contributed by atoms with Crippen molar-refractivity contribution >= 4 is 5.91 Å². The Morgan fingerprint density at radius 2 is 1.96 bits per heavy atom. The first-order valence-corrected chi connectivity index (χ1v) is 9.16. The van der Waals surface area contributed by atoms with Gasteiger partial charge in [0, 0.05) is 44.8 Å². The van der Waals surface area contributed by atoms with Crippen LogP contribution in [0.4, 0.5) is 0 Å². The van der Waals surface area contributed by atoms with Gasteiger partial charge in [0.1, 0.15) is 11.5 Å². The van der Waals surface area contributed by atoms with Gasteiger partial charge in [0.2, 0.25) is 0 Å². The minimum absolute atomic E-state index is 0.0434. The van der Waals surface area contributed by atoms with Gasteiger partial charge in [-0.15, -0.1) is 0 Å². The van der Waals surface area contributed by atoms with Gasteiger partial charge in [-0.1, -0.05) is 6.07 Å². The zero-order chi connectivity index (χ0) is 17.2. The molecule has 1 saturated carbocycles. The molecule has 1 N–H and O–H groups in total. The van der Waals surface area contributed by atoms with Gasteiger partial charge in [0.25, 0.3) is 5.91 Å². The van der Waals surface area contributed by atoms with Crippen LogP contribution in [0.1, 0.15) is 48.0 Å². The molecule has 0 spiro atoms. The van der Waals surface area contributed by atoms with Gasteiger partial charge in [-0.05, 0) is 43.7 Å². The number of hydrogen-bond donors (Lipinski definition) is 1. The van der Waals surface area contributed by atoms with Crippen molar-refractivity contribution in [2.45, 2.75) is 37.8 Å². The lowest BCUT2D eigenvalue weighted by atomic mass is 10.0. The highest BCUT2D eigenvalue weighted by Crippen LogP contribution is 2.41. The number of nitrogens with zero attached hydrogens (tertiary/aromatic N) is 4. The van der Waals surface area contributed by atoms with Gasteiger partial charge in [0.05, 0.1) is 6.04 Å². The Hall–Kier alpha value is -2.21. The second-order valence-electron chi connectivity index (χ2n) is 7.16. The van der Waals surface area contributed by atoms with E-state index >= 15 is 0 Å². The molecule has 2 aromatic heterocycles. The van der Waals surface area contributed by atoms with E-state index in [1.807, 2.05) is 29.4 Å². The summed E-state index contributed by atoms with van der Waals surface area (Å²) in [5.41, 5.74) is 0.540. The number of rotatable bonds is 5. The van der Waals surface area contributed by atoms with Crippen LogP contribution < -0.4 is 5.32 Å². The van der Waals surface area contributed by atoms with Crippen molar-refractivity contribution in [3.05, 3.63) is 48.3 Å². The minimum atomic E-state index is 0.0434. The van der Waals surface area contributed by atoms with Crippen LogP contribution in [-0.4, -0.2) is 44.5 Å². The fourth-order valence-electron chi connectivity index (χ4n) is 3.68. The number of aryl methyl sites for hydroxylation is 1. The summed E-state index contributed by atoms with van der Waals surface area (Å²) in [6.07, 6.45) is 10.1. The second-order valence-corrected chi connectivity index (χ2v) is 7.16. The van der Waals surface area contributed by atoms with E-state index in [1.165, 1.54) is 12.8 Å². The highest BCUT2D eigenvalue weighted by atomic mass is 16.2. The molecule has 1 amide bonds. The van der Waals surface area contributed by atoms with E-state index in [4.69, 9.17) is 0 Å². The van der Waals surface area contributed by atoms with Crippen LogP contribution in [0.2, 0.25) is 0 Å². The molecule has 3 heterocycles. The monoisotopic (exact) mass is 339 g/mol. The number of carbonyl (C=O) groups excluding carboxylic acids is 1. The van der Waals surface area contributed by atoms with Crippen LogP contribution in [0.15, 0.2) is 36.8 Å². The number of piperidine rings is 1. The quantitative estimate of drug-likeness (QED) is 0.907. The van der Waals surface area contributed by atoms with Gasteiger partial charge in [0.15, 0.2) is 0 Å². The number of pyridine rings is 1. The molecule has 1 aliphatic carbocycles. The SMILES string of the molecule is Cn1ccnc1C(NC1CCN(C(=O)c2ccccn2)CC1)C1CC1. The summed E-state index contributed by atoms with van der Waals surface area (Å²) in [5.74, 6) is 1.88.